The van der Waals surface area contributed by atoms with Crippen molar-refractivity contribution in [1.29, 1.82) is 0 Å². The van der Waals surface area contributed by atoms with Crippen LogP contribution in [0.4, 0.5) is 34.1 Å². The molecule has 6 N–H and O–H groups in total. The van der Waals surface area contributed by atoms with Crippen molar-refractivity contribution >= 4 is 46.1 Å². The van der Waals surface area contributed by atoms with E-state index in [0.717, 1.165) is 24.3 Å². The zero-order valence-electron chi connectivity index (χ0n) is 18.7. The molecule has 0 spiro atoms. The van der Waals surface area contributed by atoms with E-state index in [1.54, 1.807) is 0 Å². The number of aliphatic hydroxyl groups excluding tert-OH is 4. The molecule has 0 fully saturated rings. The summed E-state index contributed by atoms with van der Waals surface area (Å²) in [4.78, 5) is 40.7. The zero-order valence-corrected chi connectivity index (χ0v) is 18.7. The van der Waals surface area contributed by atoms with Crippen LogP contribution in [0, 0.1) is 40.5 Å². The van der Waals surface area contributed by atoms with Gasteiger partial charge in [0, 0.05) is 12.1 Å². The quantitative estimate of drug-likeness (QED) is 0.113. The van der Waals surface area contributed by atoms with E-state index in [-0.39, 0.29) is 5.69 Å². The van der Waals surface area contributed by atoms with E-state index in [2.05, 4.69) is 21.1 Å². The summed E-state index contributed by atoms with van der Waals surface area (Å²) in [6.45, 7) is -0.989. The van der Waals surface area contributed by atoms with E-state index < -0.39 is 78.8 Å². The van der Waals surface area contributed by atoms with Crippen molar-refractivity contribution in [2.24, 2.45) is 10.2 Å². The number of hydrogen-bond acceptors (Lipinski definition) is 16. The van der Waals surface area contributed by atoms with Gasteiger partial charge in [-0.25, -0.2) is 0 Å². The van der Waals surface area contributed by atoms with Crippen LogP contribution in [0.1, 0.15) is 0 Å². The first kappa shape index (κ1) is 29.1. The number of nitro groups is 4. The topological polar surface area (TPSA) is 302 Å². The summed E-state index contributed by atoms with van der Waals surface area (Å²) in [6, 6.07) is 5.02. The van der Waals surface area contributed by atoms with Crippen molar-refractivity contribution in [3.63, 3.8) is 0 Å². The Morgan fingerprint density at radius 1 is 0.816 bits per heavy atom. The Hall–Kier alpha value is -5.18. The molecule has 20 nitrogen and oxygen atoms in total. The number of anilines is 2. The van der Waals surface area contributed by atoms with E-state index in [1.807, 2.05) is 0 Å². The summed E-state index contributed by atoms with van der Waals surface area (Å²) in [5.74, 6) is 0. The average Bonchev–Trinajstić information content (AvgIpc) is 2.88. The molecule has 0 amide bonds. The van der Waals surface area contributed by atoms with Crippen LogP contribution in [0.3, 0.4) is 0 Å². The third-order valence-corrected chi connectivity index (χ3v) is 4.67. The molecule has 3 atom stereocenters. The first-order chi connectivity index (χ1) is 17.9. The van der Waals surface area contributed by atoms with Gasteiger partial charge in [-0.05, 0) is 12.1 Å². The Morgan fingerprint density at radius 3 is 1.71 bits per heavy atom. The third kappa shape index (κ3) is 7.17. The van der Waals surface area contributed by atoms with Gasteiger partial charge in [0.2, 0.25) is 0 Å². The molecule has 2 aromatic rings. The highest BCUT2D eigenvalue weighted by Gasteiger charge is 2.28. The number of nitrogens with one attached hydrogen (secondary N) is 2. The van der Waals surface area contributed by atoms with Gasteiger partial charge in [0.15, 0.2) is 0 Å². The summed E-state index contributed by atoms with van der Waals surface area (Å²) >= 11 is 0. The first-order valence-electron chi connectivity index (χ1n) is 10.0. The minimum absolute atomic E-state index is 0.333. The molecule has 0 aliphatic rings. The SMILES string of the molecule is O=[N+]([O-])c1ccc(N/N=C\C(=N\Nc2ccc([N+](=O)[O-])cc2[N+](=O)[O-])[C@H](O)[C@H](O)[C@H](O)CO)c([N+](=O)[O-])c1. The lowest BCUT2D eigenvalue weighted by Crippen LogP contribution is -2.44. The maximum Gasteiger partial charge on any atom is 0.301 e. The van der Waals surface area contributed by atoms with Crippen molar-refractivity contribution in [2.45, 2.75) is 18.3 Å². The molecule has 20 heteroatoms. The number of hydrogen-bond donors (Lipinski definition) is 6. The van der Waals surface area contributed by atoms with Gasteiger partial charge in [0.1, 0.15) is 35.4 Å². The lowest BCUT2D eigenvalue weighted by molar-refractivity contribution is -0.393. The fourth-order valence-electron chi connectivity index (χ4n) is 2.72. The van der Waals surface area contributed by atoms with Gasteiger partial charge in [0.05, 0.1) is 44.6 Å². The molecule has 0 aliphatic heterocycles. The average molecular weight is 538 g/mol. The predicted octanol–water partition coefficient (Wildman–Crippen LogP) is 0.260. The maximum absolute atomic E-state index is 11.3. The number of nitro benzene ring substituents is 4. The molecule has 0 saturated carbocycles. The lowest BCUT2D eigenvalue weighted by Gasteiger charge is -2.21. The molecule has 0 radical (unpaired) electrons. The Bertz CT molecular complexity index is 1300. The number of benzene rings is 2. The molecule has 202 valence electrons. The molecule has 0 saturated heterocycles. The number of non-ortho nitro benzene ring substituents is 2. The summed E-state index contributed by atoms with van der Waals surface area (Å²) in [7, 11) is 0. The number of nitrogens with zero attached hydrogens (tertiary/aromatic N) is 6. The summed E-state index contributed by atoms with van der Waals surface area (Å²) in [5.41, 5.74) is 0.248. The highest BCUT2D eigenvalue weighted by atomic mass is 16.6. The molecule has 2 rings (SSSR count). The monoisotopic (exact) mass is 538 g/mol. The largest absolute Gasteiger partial charge is 0.394 e. The summed E-state index contributed by atoms with van der Waals surface area (Å²) < 4.78 is 0. The second-order valence-electron chi connectivity index (χ2n) is 7.14. The Kier molecular flexibility index (Phi) is 9.70. The fraction of sp³-hybridized carbons (Fsp3) is 0.222. The van der Waals surface area contributed by atoms with Gasteiger partial charge in [-0.1, -0.05) is 0 Å². The number of aliphatic hydroxyl groups is 4. The highest BCUT2D eigenvalue weighted by Crippen LogP contribution is 2.30. The van der Waals surface area contributed by atoms with Gasteiger partial charge in [-0.3, -0.25) is 51.3 Å². The van der Waals surface area contributed by atoms with Crippen molar-refractivity contribution in [3.05, 3.63) is 76.9 Å². The molecule has 0 aromatic heterocycles. The highest BCUT2D eigenvalue weighted by molar-refractivity contribution is 6.33. The third-order valence-electron chi connectivity index (χ3n) is 4.67. The van der Waals surface area contributed by atoms with Gasteiger partial charge in [-0.15, -0.1) is 0 Å². The second-order valence-corrected chi connectivity index (χ2v) is 7.14. The van der Waals surface area contributed by atoms with Crippen molar-refractivity contribution in [2.75, 3.05) is 17.5 Å². The van der Waals surface area contributed by atoms with Crippen LogP contribution in [0.25, 0.3) is 0 Å². The van der Waals surface area contributed by atoms with Crippen molar-refractivity contribution < 1.29 is 40.1 Å². The van der Waals surface area contributed by atoms with Gasteiger partial charge < -0.3 is 20.4 Å². The van der Waals surface area contributed by atoms with Gasteiger partial charge in [0.25, 0.3) is 11.4 Å². The van der Waals surface area contributed by atoms with Crippen LogP contribution in [0.5, 0.6) is 0 Å². The van der Waals surface area contributed by atoms with E-state index in [4.69, 9.17) is 5.11 Å². The minimum Gasteiger partial charge on any atom is -0.394 e. The zero-order chi connectivity index (χ0) is 28.6. The summed E-state index contributed by atoms with van der Waals surface area (Å²) in [5, 5.41) is 90.6. The molecule has 0 unspecified atom stereocenters. The molecular weight excluding hydrogens is 520 g/mol. The van der Waals surface area contributed by atoms with E-state index in [0.29, 0.717) is 18.3 Å². The van der Waals surface area contributed by atoms with Gasteiger partial charge >= 0.3 is 11.4 Å². The fourth-order valence-corrected chi connectivity index (χ4v) is 2.72. The normalized spacial score (nSPS) is 13.9. The van der Waals surface area contributed by atoms with E-state index in [9.17, 15) is 55.8 Å². The van der Waals surface area contributed by atoms with Crippen LogP contribution in [-0.4, -0.2) is 77.0 Å². The first-order valence-corrected chi connectivity index (χ1v) is 10.0. The second kappa shape index (κ2) is 12.7. The Labute approximate surface area is 209 Å². The Balaban J connectivity index is 2.44. The van der Waals surface area contributed by atoms with E-state index >= 15 is 0 Å². The Morgan fingerprint density at radius 2 is 1.29 bits per heavy atom. The van der Waals surface area contributed by atoms with Crippen LogP contribution < -0.4 is 10.9 Å². The van der Waals surface area contributed by atoms with Crippen LogP contribution in [0.2, 0.25) is 0 Å². The number of rotatable bonds is 13. The lowest BCUT2D eigenvalue weighted by atomic mass is 10.0. The molecule has 0 bridgehead atoms. The van der Waals surface area contributed by atoms with Crippen molar-refractivity contribution in [1.82, 2.24) is 0 Å². The molecule has 38 heavy (non-hydrogen) atoms. The van der Waals surface area contributed by atoms with Crippen LogP contribution >= 0.6 is 0 Å². The number of hydrazone groups is 2. The van der Waals surface area contributed by atoms with E-state index in [1.165, 1.54) is 0 Å². The smallest absolute Gasteiger partial charge is 0.301 e. The van der Waals surface area contributed by atoms with Crippen molar-refractivity contribution in [3.8, 4) is 0 Å². The molecule has 0 aliphatic carbocycles. The maximum atomic E-state index is 11.3. The molecule has 0 heterocycles. The standard InChI is InChI=1S/C18H18N8O12/c27-8-16(28)18(30)17(29)13(22-21-12-4-2-10(24(33)34)6-15(12)26(37)38)7-19-20-11-3-1-9(23(31)32)5-14(11)25(35)36/h1-7,16-18,20-21,27-30H,8H2/b19-7-,22-13-/t16-,17+,18-/m1/s1. The molecule has 2 aromatic carbocycles. The van der Waals surface area contributed by atoms with Crippen LogP contribution in [0.15, 0.2) is 46.6 Å². The van der Waals surface area contributed by atoms with Crippen LogP contribution in [-0.2, 0) is 0 Å². The summed E-state index contributed by atoms with van der Waals surface area (Å²) in [6.07, 6.45) is -5.36. The minimum atomic E-state index is -2.10. The molecular formula is C18H18N8O12. The van der Waals surface area contributed by atoms with Gasteiger partial charge in [-0.2, -0.15) is 10.2 Å². The predicted molar refractivity (Wildman–Crippen MR) is 128 cm³/mol.